The fourth-order valence-corrected chi connectivity index (χ4v) is 2.29. The predicted octanol–water partition coefficient (Wildman–Crippen LogP) is 1.02. The molecule has 1 saturated heterocycles. The van der Waals surface area contributed by atoms with Gasteiger partial charge in [-0.1, -0.05) is 19.0 Å². The molecule has 1 aliphatic heterocycles. The zero-order valence-electron chi connectivity index (χ0n) is 12.7. The molecule has 2 heterocycles. The first-order valence-electron chi connectivity index (χ1n) is 7.26. The van der Waals surface area contributed by atoms with Gasteiger partial charge in [0.15, 0.2) is 5.96 Å². The summed E-state index contributed by atoms with van der Waals surface area (Å²) in [7, 11) is 1.85. The van der Waals surface area contributed by atoms with E-state index in [-0.39, 0.29) is 0 Å². The molecule has 6 nitrogen and oxygen atoms in total. The van der Waals surface area contributed by atoms with Crippen molar-refractivity contribution in [2.45, 2.75) is 20.4 Å². The van der Waals surface area contributed by atoms with Crippen molar-refractivity contribution < 1.29 is 4.52 Å². The van der Waals surface area contributed by atoms with Crippen LogP contribution in [0.5, 0.6) is 0 Å². The summed E-state index contributed by atoms with van der Waals surface area (Å²) in [5, 5.41) is 7.39. The van der Waals surface area contributed by atoms with Gasteiger partial charge in [-0.3, -0.25) is 9.89 Å². The summed E-state index contributed by atoms with van der Waals surface area (Å²) >= 11 is 0. The molecule has 112 valence electrons. The number of hydrogen-bond acceptors (Lipinski definition) is 4. The average Bonchev–Trinajstić information content (AvgIpc) is 2.94. The summed E-state index contributed by atoms with van der Waals surface area (Å²) in [4.78, 5) is 9.08. The molecule has 0 radical (unpaired) electrons. The van der Waals surface area contributed by atoms with Crippen molar-refractivity contribution >= 4 is 5.96 Å². The van der Waals surface area contributed by atoms with Crippen LogP contribution < -0.4 is 5.32 Å². The van der Waals surface area contributed by atoms with Crippen LogP contribution >= 0.6 is 0 Å². The van der Waals surface area contributed by atoms with Crippen molar-refractivity contribution in [2.75, 3.05) is 39.8 Å². The second-order valence-corrected chi connectivity index (χ2v) is 5.58. The van der Waals surface area contributed by atoms with Crippen LogP contribution in [-0.2, 0) is 6.54 Å². The van der Waals surface area contributed by atoms with Gasteiger partial charge < -0.3 is 14.7 Å². The summed E-state index contributed by atoms with van der Waals surface area (Å²) < 4.78 is 4.87. The van der Waals surface area contributed by atoms with Gasteiger partial charge in [-0.05, 0) is 5.92 Å². The summed E-state index contributed by atoms with van der Waals surface area (Å²) in [6.45, 7) is 10.3. The summed E-state index contributed by atoms with van der Waals surface area (Å²) in [6.07, 6.45) is 1.63. The molecule has 0 bridgehead atoms. The number of piperazine rings is 1. The van der Waals surface area contributed by atoms with Gasteiger partial charge in [0.2, 0.25) is 0 Å². The van der Waals surface area contributed by atoms with E-state index in [1.807, 2.05) is 13.1 Å². The van der Waals surface area contributed by atoms with Crippen molar-refractivity contribution in [1.29, 1.82) is 0 Å². The van der Waals surface area contributed by atoms with Gasteiger partial charge in [0, 0.05) is 52.4 Å². The van der Waals surface area contributed by atoms with E-state index < -0.39 is 0 Å². The first-order chi connectivity index (χ1) is 9.69. The second kappa shape index (κ2) is 7.28. The minimum Gasteiger partial charge on any atom is -0.364 e. The molecule has 1 aliphatic rings. The molecule has 1 aromatic heterocycles. The van der Waals surface area contributed by atoms with Crippen molar-refractivity contribution in [2.24, 2.45) is 10.9 Å². The average molecular weight is 279 g/mol. The number of aromatic nitrogens is 1. The number of rotatable bonds is 4. The van der Waals surface area contributed by atoms with Crippen molar-refractivity contribution in [3.63, 3.8) is 0 Å². The molecule has 0 amide bonds. The molecule has 20 heavy (non-hydrogen) atoms. The molecule has 0 aliphatic carbocycles. The van der Waals surface area contributed by atoms with Gasteiger partial charge in [0.1, 0.15) is 6.26 Å². The molecular weight excluding hydrogens is 254 g/mol. The van der Waals surface area contributed by atoms with Crippen molar-refractivity contribution in [1.82, 2.24) is 20.3 Å². The largest absolute Gasteiger partial charge is 0.364 e. The minimum absolute atomic E-state index is 0.625. The van der Waals surface area contributed by atoms with E-state index in [0.29, 0.717) is 5.92 Å². The van der Waals surface area contributed by atoms with Gasteiger partial charge in [0.25, 0.3) is 0 Å². The van der Waals surface area contributed by atoms with Crippen LogP contribution in [0.15, 0.2) is 21.8 Å². The molecule has 0 aromatic carbocycles. The standard InChI is InChI=1S/C14H25N5O/c1-12(2)10-16-14(15-3)19-7-5-18(6-8-19)11-13-4-9-20-17-13/h4,9,12H,5-8,10-11H2,1-3H3,(H,15,16). The third kappa shape index (κ3) is 4.23. The third-order valence-electron chi connectivity index (χ3n) is 3.43. The maximum atomic E-state index is 4.87. The number of nitrogens with one attached hydrogen (secondary N) is 1. The normalized spacial score (nSPS) is 17.8. The first kappa shape index (κ1) is 14.8. The summed E-state index contributed by atoms with van der Waals surface area (Å²) in [5.74, 6) is 1.64. The molecule has 1 aromatic rings. The van der Waals surface area contributed by atoms with Gasteiger partial charge in [-0.25, -0.2) is 0 Å². The van der Waals surface area contributed by atoms with E-state index in [9.17, 15) is 0 Å². The fraction of sp³-hybridized carbons (Fsp3) is 0.714. The summed E-state index contributed by atoms with van der Waals surface area (Å²) in [5.41, 5.74) is 1.00. The Hall–Kier alpha value is -1.56. The molecule has 0 atom stereocenters. The van der Waals surface area contributed by atoms with Crippen LogP contribution in [0.4, 0.5) is 0 Å². The molecular formula is C14H25N5O. The first-order valence-corrected chi connectivity index (χ1v) is 7.26. The van der Waals surface area contributed by atoms with E-state index in [0.717, 1.165) is 50.9 Å². The molecule has 0 unspecified atom stereocenters. The monoisotopic (exact) mass is 279 g/mol. The van der Waals surface area contributed by atoms with Crippen LogP contribution in [0.2, 0.25) is 0 Å². The fourth-order valence-electron chi connectivity index (χ4n) is 2.29. The molecule has 1 N–H and O–H groups in total. The highest BCUT2D eigenvalue weighted by Crippen LogP contribution is 2.07. The van der Waals surface area contributed by atoms with Crippen LogP contribution in [0.25, 0.3) is 0 Å². The molecule has 1 fully saturated rings. The minimum atomic E-state index is 0.625. The molecule has 2 rings (SSSR count). The topological polar surface area (TPSA) is 56.9 Å². The van der Waals surface area contributed by atoms with Gasteiger partial charge in [-0.15, -0.1) is 0 Å². The SMILES string of the molecule is CN=C(NCC(C)C)N1CCN(Cc2ccon2)CC1. The number of aliphatic imine (C=N–C) groups is 1. The highest BCUT2D eigenvalue weighted by molar-refractivity contribution is 5.80. The number of hydrogen-bond donors (Lipinski definition) is 1. The van der Waals surface area contributed by atoms with Crippen LogP contribution in [0, 0.1) is 5.92 Å². The Balaban J connectivity index is 1.78. The Morgan fingerprint density at radius 2 is 2.15 bits per heavy atom. The van der Waals surface area contributed by atoms with E-state index in [1.54, 1.807) is 6.26 Å². The third-order valence-corrected chi connectivity index (χ3v) is 3.43. The van der Waals surface area contributed by atoms with Crippen LogP contribution in [0.3, 0.4) is 0 Å². The lowest BCUT2D eigenvalue weighted by atomic mass is 10.2. The van der Waals surface area contributed by atoms with Crippen LogP contribution in [0.1, 0.15) is 19.5 Å². The molecule has 0 spiro atoms. The van der Waals surface area contributed by atoms with Gasteiger partial charge >= 0.3 is 0 Å². The highest BCUT2D eigenvalue weighted by atomic mass is 16.5. The molecule has 6 heteroatoms. The van der Waals surface area contributed by atoms with E-state index in [1.165, 1.54) is 0 Å². The quantitative estimate of drug-likeness (QED) is 0.659. The van der Waals surface area contributed by atoms with E-state index in [2.05, 4.69) is 39.1 Å². The maximum Gasteiger partial charge on any atom is 0.193 e. The zero-order valence-corrected chi connectivity index (χ0v) is 12.7. The lowest BCUT2D eigenvalue weighted by Gasteiger charge is -2.36. The van der Waals surface area contributed by atoms with E-state index >= 15 is 0 Å². The Morgan fingerprint density at radius 1 is 1.40 bits per heavy atom. The molecule has 0 saturated carbocycles. The number of guanidine groups is 1. The predicted molar refractivity (Wildman–Crippen MR) is 79.6 cm³/mol. The zero-order chi connectivity index (χ0) is 14.4. The number of nitrogens with zero attached hydrogens (tertiary/aromatic N) is 4. The van der Waals surface area contributed by atoms with Gasteiger partial charge in [-0.2, -0.15) is 0 Å². The van der Waals surface area contributed by atoms with Gasteiger partial charge in [0.05, 0.1) is 5.69 Å². The second-order valence-electron chi connectivity index (χ2n) is 5.58. The lowest BCUT2D eigenvalue weighted by molar-refractivity contribution is 0.169. The van der Waals surface area contributed by atoms with E-state index in [4.69, 9.17) is 4.52 Å². The Bertz CT molecular complexity index is 407. The van der Waals surface area contributed by atoms with Crippen LogP contribution in [-0.4, -0.2) is 60.7 Å². The Morgan fingerprint density at radius 3 is 2.70 bits per heavy atom. The van der Waals surface area contributed by atoms with Crippen molar-refractivity contribution in [3.05, 3.63) is 18.0 Å². The summed E-state index contributed by atoms with van der Waals surface area (Å²) in [6, 6.07) is 1.93. The highest BCUT2D eigenvalue weighted by Gasteiger charge is 2.20. The Kier molecular flexibility index (Phi) is 5.40. The maximum absolute atomic E-state index is 4.87. The van der Waals surface area contributed by atoms with Crippen molar-refractivity contribution in [3.8, 4) is 0 Å². The lowest BCUT2D eigenvalue weighted by Crippen LogP contribution is -2.52. The smallest absolute Gasteiger partial charge is 0.193 e. The Labute approximate surface area is 120 Å².